The first kappa shape index (κ1) is 18.6. The van der Waals surface area contributed by atoms with Crippen molar-refractivity contribution in [3.05, 3.63) is 63.4 Å². The molecule has 11 heteroatoms. The third kappa shape index (κ3) is 3.69. The van der Waals surface area contributed by atoms with Crippen LogP contribution in [-0.4, -0.2) is 29.4 Å². The summed E-state index contributed by atoms with van der Waals surface area (Å²) in [5.74, 6) is 1.19. The second-order valence-electron chi connectivity index (χ2n) is 5.40. The Morgan fingerprint density at radius 2 is 1.93 bits per heavy atom. The summed E-state index contributed by atoms with van der Waals surface area (Å²) >= 11 is 11.7. The van der Waals surface area contributed by atoms with Crippen LogP contribution in [0.3, 0.4) is 0 Å². The molecule has 0 spiro atoms. The molecule has 1 aromatic heterocycles. The van der Waals surface area contributed by atoms with E-state index in [2.05, 4.69) is 19.9 Å². The molecule has 27 heavy (non-hydrogen) atoms. The summed E-state index contributed by atoms with van der Waals surface area (Å²) in [4.78, 5) is 25.1. The smallest absolute Gasteiger partial charge is 0.295 e. The number of benzene rings is 1. The van der Waals surface area contributed by atoms with Crippen LogP contribution in [0.5, 0.6) is 0 Å². The van der Waals surface area contributed by atoms with Crippen molar-refractivity contribution in [2.24, 2.45) is 7.05 Å². The van der Waals surface area contributed by atoms with Gasteiger partial charge < -0.3 is 15.3 Å². The van der Waals surface area contributed by atoms with Crippen molar-refractivity contribution in [3.63, 3.8) is 0 Å². The second kappa shape index (κ2) is 7.60. The largest absolute Gasteiger partial charge is 0.382 e. The summed E-state index contributed by atoms with van der Waals surface area (Å²) < 4.78 is 1.78. The molecule has 138 valence electrons. The van der Waals surface area contributed by atoms with Crippen molar-refractivity contribution in [1.82, 2.24) is 24.5 Å². The van der Waals surface area contributed by atoms with E-state index in [1.807, 2.05) is 7.05 Å². The first-order chi connectivity index (χ1) is 12.9. The number of H-pyrrole nitrogens is 1. The number of aromatic nitrogens is 5. The van der Waals surface area contributed by atoms with Gasteiger partial charge in [-0.2, -0.15) is 0 Å². The highest BCUT2D eigenvalue weighted by Crippen LogP contribution is 2.38. The summed E-state index contributed by atoms with van der Waals surface area (Å²) in [5, 5.41) is 11.4. The molecule has 1 aromatic carbocycles. The quantitative estimate of drug-likeness (QED) is 0.385. The Balaban J connectivity index is 0.000000166. The molecule has 0 fully saturated rings. The second-order valence-corrected chi connectivity index (χ2v) is 6.21. The lowest BCUT2D eigenvalue weighted by Crippen LogP contribution is -2.03. The van der Waals surface area contributed by atoms with Crippen LogP contribution in [-0.2, 0) is 7.05 Å². The molecule has 3 N–H and O–H groups in total. The molecule has 2 aliphatic heterocycles. The number of fused-ring (bicyclic) bond motifs is 1. The number of rotatable bonds is 2. The van der Waals surface area contributed by atoms with Crippen LogP contribution in [0.15, 0.2) is 43.2 Å². The SMILES string of the molecule is Cn1cnc(N)c2ncnc1-2.O=[N+]([O-])c1c(Cl)cccc1-c1c[nH]cc1Cl. The van der Waals surface area contributed by atoms with Crippen LogP contribution >= 0.6 is 23.2 Å². The topological polar surface area (TPSA) is 129 Å². The van der Waals surface area contributed by atoms with Gasteiger partial charge in [-0.15, -0.1) is 0 Å². The van der Waals surface area contributed by atoms with Crippen LogP contribution in [0.4, 0.5) is 11.5 Å². The molecule has 2 aliphatic rings. The number of hydrogen-bond donors (Lipinski definition) is 2. The zero-order chi connectivity index (χ0) is 19.6. The Hall–Kier alpha value is -3.17. The number of aryl methyl sites for hydroxylation is 1. The zero-order valence-electron chi connectivity index (χ0n) is 13.9. The first-order valence-corrected chi connectivity index (χ1v) is 8.28. The summed E-state index contributed by atoms with van der Waals surface area (Å²) in [5.41, 5.74) is 7.04. The van der Waals surface area contributed by atoms with Gasteiger partial charge in [0, 0.05) is 25.0 Å². The Kier molecular flexibility index (Phi) is 5.24. The van der Waals surface area contributed by atoms with E-state index in [4.69, 9.17) is 28.9 Å². The molecule has 2 aromatic rings. The predicted octanol–water partition coefficient (Wildman–Crippen LogP) is 3.79. The average molecular weight is 406 g/mol. The van der Waals surface area contributed by atoms with E-state index >= 15 is 0 Å². The Morgan fingerprint density at radius 3 is 2.56 bits per heavy atom. The number of nitro groups is 1. The fraction of sp³-hybridized carbons (Fsp3) is 0.0625. The fourth-order valence-corrected chi connectivity index (χ4v) is 2.90. The standard InChI is InChI=1S/C10H6Cl2N2O2.C6H7N5/c11-8-3-1-2-6(10(8)14(15)16)7-4-13-5-9(7)12;1-11-3-10-5(7)4-6(11)9-2-8-4/h1-5,13H;2-3H,7H2,1H3. The Morgan fingerprint density at radius 1 is 1.15 bits per heavy atom. The lowest BCUT2D eigenvalue weighted by atomic mass is 10.1. The molecule has 0 saturated carbocycles. The van der Waals surface area contributed by atoms with Gasteiger partial charge in [0.25, 0.3) is 5.69 Å². The number of nitrogen functional groups attached to an aromatic ring is 1. The highest BCUT2D eigenvalue weighted by atomic mass is 35.5. The molecular weight excluding hydrogens is 393 g/mol. The summed E-state index contributed by atoms with van der Waals surface area (Å²) in [7, 11) is 1.85. The highest BCUT2D eigenvalue weighted by molar-refractivity contribution is 6.35. The van der Waals surface area contributed by atoms with Gasteiger partial charge >= 0.3 is 0 Å². The molecule has 3 heterocycles. The molecule has 0 unspecified atom stereocenters. The Bertz CT molecular complexity index is 1040. The van der Waals surface area contributed by atoms with Gasteiger partial charge in [-0.3, -0.25) is 10.1 Å². The van der Waals surface area contributed by atoms with Crippen LogP contribution in [0.2, 0.25) is 10.0 Å². The van der Waals surface area contributed by atoms with E-state index in [1.165, 1.54) is 12.4 Å². The molecule has 0 aliphatic carbocycles. The highest BCUT2D eigenvalue weighted by Gasteiger charge is 2.21. The van der Waals surface area contributed by atoms with Gasteiger partial charge in [0.1, 0.15) is 17.0 Å². The molecule has 0 amide bonds. The monoisotopic (exact) mass is 405 g/mol. The number of nitrogens with one attached hydrogen (secondary N) is 1. The number of imidazole rings is 1. The maximum atomic E-state index is 10.9. The van der Waals surface area contributed by atoms with Crippen molar-refractivity contribution in [3.8, 4) is 22.6 Å². The summed E-state index contributed by atoms with van der Waals surface area (Å²) in [6, 6.07) is 4.73. The molecular formula is C16H13Cl2N7O2. The molecule has 0 radical (unpaired) electrons. The van der Waals surface area contributed by atoms with Gasteiger partial charge in [-0.25, -0.2) is 15.0 Å². The van der Waals surface area contributed by atoms with E-state index in [1.54, 1.807) is 35.4 Å². The van der Waals surface area contributed by atoms with E-state index in [0.717, 1.165) is 5.82 Å². The Labute approximate surface area is 163 Å². The maximum Gasteiger partial charge on any atom is 0.295 e. The molecule has 4 rings (SSSR count). The number of hydrogen-bond acceptors (Lipinski definition) is 6. The minimum absolute atomic E-state index is 0.0970. The fourth-order valence-electron chi connectivity index (χ4n) is 2.43. The molecule has 0 atom stereocenters. The third-order valence-corrected chi connectivity index (χ3v) is 4.30. The van der Waals surface area contributed by atoms with Crippen LogP contribution in [0.1, 0.15) is 0 Å². The number of nitrogens with two attached hydrogens (primary N) is 1. The van der Waals surface area contributed by atoms with E-state index in [-0.39, 0.29) is 10.7 Å². The van der Waals surface area contributed by atoms with Crippen molar-refractivity contribution in [2.45, 2.75) is 0 Å². The number of para-hydroxylation sites is 1. The van der Waals surface area contributed by atoms with E-state index in [0.29, 0.717) is 27.7 Å². The van der Waals surface area contributed by atoms with Gasteiger partial charge in [0.2, 0.25) is 0 Å². The predicted molar refractivity (Wildman–Crippen MR) is 103 cm³/mol. The third-order valence-electron chi connectivity index (χ3n) is 3.68. The van der Waals surface area contributed by atoms with Crippen molar-refractivity contribution in [2.75, 3.05) is 5.73 Å². The summed E-state index contributed by atoms with van der Waals surface area (Å²) in [6.07, 6.45) is 6.25. The van der Waals surface area contributed by atoms with Crippen molar-refractivity contribution < 1.29 is 4.92 Å². The summed E-state index contributed by atoms with van der Waals surface area (Å²) in [6.45, 7) is 0. The minimum Gasteiger partial charge on any atom is -0.382 e. The van der Waals surface area contributed by atoms with E-state index < -0.39 is 4.92 Å². The lowest BCUT2D eigenvalue weighted by Gasteiger charge is -2.04. The van der Waals surface area contributed by atoms with Gasteiger partial charge in [0.15, 0.2) is 11.6 Å². The van der Waals surface area contributed by atoms with Crippen LogP contribution in [0, 0.1) is 10.1 Å². The number of aromatic amines is 1. The van der Waals surface area contributed by atoms with Crippen molar-refractivity contribution >= 4 is 34.7 Å². The number of nitro benzene ring substituents is 1. The van der Waals surface area contributed by atoms with Gasteiger partial charge in [0.05, 0.1) is 21.8 Å². The average Bonchev–Trinajstić information content (AvgIpc) is 3.28. The molecule has 0 bridgehead atoms. The van der Waals surface area contributed by atoms with Gasteiger partial charge in [-0.1, -0.05) is 29.3 Å². The number of halogens is 2. The molecule has 9 nitrogen and oxygen atoms in total. The van der Waals surface area contributed by atoms with Crippen LogP contribution in [0.25, 0.3) is 22.6 Å². The van der Waals surface area contributed by atoms with E-state index in [9.17, 15) is 10.1 Å². The normalized spacial score (nSPS) is 10.5. The van der Waals surface area contributed by atoms with Crippen molar-refractivity contribution in [1.29, 1.82) is 0 Å². The first-order valence-electron chi connectivity index (χ1n) is 7.53. The maximum absolute atomic E-state index is 10.9. The molecule has 0 saturated heterocycles. The minimum atomic E-state index is -0.513. The zero-order valence-corrected chi connectivity index (χ0v) is 15.4. The van der Waals surface area contributed by atoms with Gasteiger partial charge in [-0.05, 0) is 12.1 Å². The number of anilines is 1. The number of nitrogens with zero attached hydrogens (tertiary/aromatic N) is 5. The van der Waals surface area contributed by atoms with Crippen LogP contribution < -0.4 is 5.73 Å². The lowest BCUT2D eigenvalue weighted by molar-refractivity contribution is -0.384.